The Bertz CT molecular complexity index is 189. The van der Waals surface area contributed by atoms with Crippen LogP contribution < -0.4 is 0 Å². The first kappa shape index (κ1) is 6.88. The molecule has 0 aromatic rings. The fraction of sp³-hybridized carbons (Fsp3) is 0.667. The molecule has 1 aliphatic rings. The van der Waals surface area contributed by atoms with Crippen LogP contribution in [0, 0.1) is 0 Å². The highest BCUT2D eigenvalue weighted by atomic mass is 32.2. The summed E-state index contributed by atoms with van der Waals surface area (Å²) in [5, 5.41) is 0.270. The van der Waals surface area contributed by atoms with Gasteiger partial charge in [0.05, 0.1) is 6.54 Å². The van der Waals surface area contributed by atoms with Crippen molar-refractivity contribution in [1.82, 2.24) is 0 Å². The van der Waals surface area contributed by atoms with Crippen LogP contribution in [0.25, 0.3) is 0 Å². The Kier molecular flexibility index (Phi) is 2.35. The van der Waals surface area contributed by atoms with Gasteiger partial charge in [0, 0.05) is 5.75 Å². The Balaban J connectivity index is 2.44. The van der Waals surface area contributed by atoms with Crippen LogP contribution in [0.2, 0.25) is 0 Å². The smallest absolute Gasteiger partial charge is 0.301 e. The summed E-state index contributed by atoms with van der Waals surface area (Å²) in [5.74, 6) is 0.818. The van der Waals surface area contributed by atoms with Gasteiger partial charge in [-0.05, 0) is 0 Å². The van der Waals surface area contributed by atoms with E-state index >= 15 is 0 Å². The number of rotatable bonds is 1. The van der Waals surface area contributed by atoms with Crippen LogP contribution in [0.5, 0.6) is 0 Å². The average Bonchev–Trinajstić information content (AvgIpc) is 2.15. The first-order valence-electron chi connectivity index (χ1n) is 2.28. The predicted octanol–water partition coefficient (Wildman–Crippen LogP) is -0.368. The summed E-state index contributed by atoms with van der Waals surface area (Å²) in [6, 6.07) is 0. The lowest BCUT2D eigenvalue weighted by atomic mass is 10.8. The van der Waals surface area contributed by atoms with E-state index in [1.165, 1.54) is 11.8 Å². The van der Waals surface area contributed by atoms with Gasteiger partial charge < -0.3 is 4.18 Å². The van der Waals surface area contributed by atoms with E-state index < -0.39 is 11.0 Å². The number of thioether (sulfide) groups is 1. The third kappa shape index (κ3) is 2.23. The second-order valence-electron chi connectivity index (χ2n) is 1.31. The lowest BCUT2D eigenvalue weighted by Gasteiger charge is -1.89. The first-order chi connectivity index (χ1) is 4.29. The predicted molar refractivity (Wildman–Crippen MR) is 36.2 cm³/mol. The van der Waals surface area contributed by atoms with Gasteiger partial charge in [-0.1, -0.05) is 11.8 Å². The molecule has 0 aromatic carbocycles. The molecule has 0 radical (unpaired) electrons. The SMILES string of the molecule is O=[SH](=O)OC1=NCCS1. The topological polar surface area (TPSA) is 55.7 Å². The van der Waals surface area contributed by atoms with Crippen molar-refractivity contribution in [3.05, 3.63) is 0 Å². The first-order valence-corrected chi connectivity index (χ1v) is 4.37. The van der Waals surface area contributed by atoms with Crippen molar-refractivity contribution in [2.24, 2.45) is 4.99 Å². The Morgan fingerprint density at radius 1 is 1.67 bits per heavy atom. The summed E-state index contributed by atoms with van der Waals surface area (Å²) >= 11 is 1.31. The third-order valence-electron chi connectivity index (χ3n) is 0.710. The second-order valence-corrected chi connectivity index (χ2v) is 2.99. The second kappa shape index (κ2) is 3.07. The van der Waals surface area contributed by atoms with Crippen molar-refractivity contribution in [3.63, 3.8) is 0 Å². The Morgan fingerprint density at radius 3 is 2.89 bits per heavy atom. The van der Waals surface area contributed by atoms with Crippen LogP contribution in [0.3, 0.4) is 0 Å². The van der Waals surface area contributed by atoms with E-state index in [0.717, 1.165) is 5.75 Å². The number of thiol groups is 1. The van der Waals surface area contributed by atoms with Crippen molar-refractivity contribution in [2.45, 2.75) is 0 Å². The summed E-state index contributed by atoms with van der Waals surface area (Å²) in [5.41, 5.74) is 0. The maximum absolute atomic E-state index is 9.88. The third-order valence-corrected chi connectivity index (χ3v) is 2.00. The summed E-state index contributed by atoms with van der Waals surface area (Å²) < 4.78 is 24.0. The van der Waals surface area contributed by atoms with Crippen molar-refractivity contribution >= 4 is 28.0 Å². The minimum Gasteiger partial charge on any atom is -0.357 e. The number of hydrogen-bond acceptors (Lipinski definition) is 5. The normalized spacial score (nSPS) is 18.1. The molecule has 0 spiro atoms. The van der Waals surface area contributed by atoms with E-state index in [4.69, 9.17) is 0 Å². The van der Waals surface area contributed by atoms with Crippen LogP contribution in [0.1, 0.15) is 0 Å². The van der Waals surface area contributed by atoms with Crippen LogP contribution >= 0.6 is 11.8 Å². The summed E-state index contributed by atoms with van der Waals surface area (Å²) in [6.07, 6.45) is 0. The van der Waals surface area contributed by atoms with Crippen molar-refractivity contribution in [1.29, 1.82) is 0 Å². The molecular formula is C3H5NO3S2. The molecule has 0 aromatic heterocycles. The number of hydrogen-bond donors (Lipinski definition) is 1. The molecular weight excluding hydrogens is 162 g/mol. The number of aliphatic imine (C=N–C) groups is 1. The van der Waals surface area contributed by atoms with Gasteiger partial charge in [-0.2, -0.15) is 8.42 Å². The quantitative estimate of drug-likeness (QED) is 0.541. The van der Waals surface area contributed by atoms with Gasteiger partial charge in [-0.15, -0.1) is 0 Å². The van der Waals surface area contributed by atoms with Crippen molar-refractivity contribution < 1.29 is 12.6 Å². The van der Waals surface area contributed by atoms with Crippen molar-refractivity contribution in [3.8, 4) is 0 Å². The Hall–Kier alpha value is -0.230. The van der Waals surface area contributed by atoms with Crippen molar-refractivity contribution in [2.75, 3.05) is 12.3 Å². The zero-order valence-electron chi connectivity index (χ0n) is 4.44. The molecule has 0 aliphatic carbocycles. The molecule has 0 atom stereocenters. The van der Waals surface area contributed by atoms with Gasteiger partial charge in [0.2, 0.25) is 0 Å². The van der Waals surface area contributed by atoms with Gasteiger partial charge in [0.1, 0.15) is 0 Å². The van der Waals surface area contributed by atoms with Crippen LogP contribution in [-0.2, 0) is 15.2 Å². The molecule has 52 valence electrons. The summed E-state index contributed by atoms with van der Waals surface area (Å²) in [4.78, 5) is 3.75. The van der Waals surface area contributed by atoms with E-state index in [1.54, 1.807) is 0 Å². The zero-order valence-corrected chi connectivity index (χ0v) is 6.15. The summed E-state index contributed by atoms with van der Waals surface area (Å²) in [7, 11) is -2.76. The van der Waals surface area contributed by atoms with Crippen LogP contribution in [-0.4, -0.2) is 25.9 Å². The molecule has 0 fully saturated rings. The molecule has 0 saturated heterocycles. The highest BCUT2D eigenvalue weighted by Crippen LogP contribution is 2.11. The number of nitrogens with zero attached hydrogens (tertiary/aromatic N) is 1. The Labute approximate surface area is 58.5 Å². The summed E-state index contributed by atoms with van der Waals surface area (Å²) in [6.45, 7) is 0.656. The molecule has 4 nitrogen and oxygen atoms in total. The average molecular weight is 167 g/mol. The van der Waals surface area contributed by atoms with Crippen LogP contribution in [0.4, 0.5) is 0 Å². The maximum Gasteiger partial charge on any atom is 0.301 e. The molecule has 0 bridgehead atoms. The minimum absolute atomic E-state index is 0.270. The maximum atomic E-state index is 9.88. The highest BCUT2D eigenvalue weighted by Gasteiger charge is 2.07. The van der Waals surface area contributed by atoms with E-state index in [1.807, 2.05) is 0 Å². The molecule has 1 aliphatic heterocycles. The largest absolute Gasteiger partial charge is 0.357 e. The molecule has 0 unspecified atom stereocenters. The molecule has 0 N–H and O–H groups in total. The van der Waals surface area contributed by atoms with E-state index in [-0.39, 0.29) is 5.23 Å². The fourth-order valence-corrected chi connectivity index (χ4v) is 1.55. The molecule has 0 saturated carbocycles. The van der Waals surface area contributed by atoms with Gasteiger partial charge in [0.15, 0.2) is 0 Å². The van der Waals surface area contributed by atoms with Crippen LogP contribution in [0.15, 0.2) is 4.99 Å². The molecule has 1 rings (SSSR count). The van der Waals surface area contributed by atoms with Gasteiger partial charge in [-0.3, -0.25) is 0 Å². The van der Waals surface area contributed by atoms with E-state index in [2.05, 4.69) is 9.18 Å². The lowest BCUT2D eigenvalue weighted by Crippen LogP contribution is -1.93. The lowest BCUT2D eigenvalue weighted by molar-refractivity contribution is 0.514. The van der Waals surface area contributed by atoms with Gasteiger partial charge >= 0.3 is 11.0 Å². The Morgan fingerprint density at radius 2 is 2.44 bits per heavy atom. The molecule has 0 amide bonds. The monoisotopic (exact) mass is 167 g/mol. The zero-order chi connectivity index (χ0) is 6.69. The molecule has 6 heteroatoms. The van der Waals surface area contributed by atoms with Gasteiger partial charge in [-0.25, -0.2) is 4.99 Å². The van der Waals surface area contributed by atoms with E-state index in [9.17, 15) is 8.42 Å². The molecule has 1 heterocycles. The molecule has 9 heavy (non-hydrogen) atoms. The van der Waals surface area contributed by atoms with Gasteiger partial charge in [0.25, 0.3) is 5.23 Å². The fourth-order valence-electron chi connectivity index (χ4n) is 0.435. The highest BCUT2D eigenvalue weighted by molar-refractivity contribution is 8.14. The van der Waals surface area contributed by atoms with E-state index in [0.29, 0.717) is 6.54 Å². The standard InChI is InChI=1S/C3H5NO3S2/c5-9(6)7-3-4-1-2-8-3/h9H,1-2H2. The minimum atomic E-state index is -2.76.